The van der Waals surface area contributed by atoms with Crippen molar-refractivity contribution < 1.29 is 9.53 Å². The van der Waals surface area contributed by atoms with E-state index in [-0.39, 0.29) is 12.3 Å². The molecule has 6 heteroatoms. The van der Waals surface area contributed by atoms with Crippen LogP contribution in [0.1, 0.15) is 11.1 Å². The average molecular weight is 292 g/mol. The van der Waals surface area contributed by atoms with Crippen molar-refractivity contribution in [3.8, 4) is 5.75 Å². The highest BCUT2D eigenvalue weighted by Gasteiger charge is 2.07. The van der Waals surface area contributed by atoms with Gasteiger partial charge in [-0.15, -0.1) is 0 Å². The summed E-state index contributed by atoms with van der Waals surface area (Å²) in [6.45, 7) is 1.89. The number of carbonyl (C=O) groups is 1. The van der Waals surface area contributed by atoms with Crippen LogP contribution in [0.4, 0.5) is 5.82 Å². The first kappa shape index (κ1) is 14.3. The van der Waals surface area contributed by atoms with Crippen molar-refractivity contribution in [1.29, 1.82) is 0 Å². The lowest BCUT2D eigenvalue weighted by Crippen LogP contribution is -2.15. The van der Waals surface area contributed by atoms with E-state index in [0.29, 0.717) is 16.7 Å². The lowest BCUT2D eigenvalue weighted by Gasteiger charge is -2.08. The van der Waals surface area contributed by atoms with Crippen molar-refractivity contribution in [2.24, 2.45) is 0 Å². The summed E-state index contributed by atoms with van der Waals surface area (Å²) in [5, 5.41) is 3.12. The Labute approximate surface area is 122 Å². The largest absolute Gasteiger partial charge is 0.496 e. The minimum Gasteiger partial charge on any atom is -0.496 e. The molecule has 5 nitrogen and oxygen atoms in total. The fraction of sp³-hybridized carbons (Fsp3) is 0.214. The van der Waals surface area contributed by atoms with E-state index in [2.05, 4.69) is 15.3 Å². The molecule has 0 aliphatic rings. The predicted octanol–water partition coefficient (Wildman–Crippen LogP) is 2.63. The molecular formula is C14H14ClN3O2. The molecule has 2 aromatic heterocycles. The highest BCUT2D eigenvalue weighted by Crippen LogP contribution is 2.19. The number of rotatable bonds is 4. The van der Waals surface area contributed by atoms with Gasteiger partial charge in [0.2, 0.25) is 5.91 Å². The van der Waals surface area contributed by atoms with Crippen LogP contribution in [0.15, 0.2) is 30.6 Å². The normalized spacial score (nSPS) is 10.2. The molecule has 1 amide bonds. The maximum atomic E-state index is 11.9. The maximum Gasteiger partial charge on any atom is 0.230 e. The number of aromatic nitrogens is 2. The van der Waals surface area contributed by atoms with E-state index in [1.807, 2.05) is 6.92 Å². The van der Waals surface area contributed by atoms with E-state index >= 15 is 0 Å². The molecule has 0 aliphatic heterocycles. The van der Waals surface area contributed by atoms with Crippen LogP contribution in [-0.2, 0) is 11.2 Å². The standard InChI is InChI=1S/C14H14ClN3O2/c1-9-7-17-13(6-11(9)20-2)18-14(19)5-10-3-4-12(15)16-8-10/h3-4,6-8H,5H2,1-2H3,(H,17,18,19). The molecule has 0 bridgehead atoms. The van der Waals surface area contributed by atoms with E-state index < -0.39 is 0 Å². The molecule has 2 heterocycles. The lowest BCUT2D eigenvalue weighted by molar-refractivity contribution is -0.115. The maximum absolute atomic E-state index is 11.9. The van der Waals surface area contributed by atoms with Crippen LogP contribution in [0.5, 0.6) is 5.75 Å². The van der Waals surface area contributed by atoms with Gasteiger partial charge in [0.25, 0.3) is 0 Å². The highest BCUT2D eigenvalue weighted by molar-refractivity contribution is 6.29. The molecule has 0 spiro atoms. The summed E-state index contributed by atoms with van der Waals surface area (Å²) >= 11 is 5.69. The first-order chi connectivity index (χ1) is 9.58. The third-order valence-corrected chi connectivity index (χ3v) is 2.92. The van der Waals surface area contributed by atoms with Crippen LogP contribution in [0.2, 0.25) is 5.15 Å². The van der Waals surface area contributed by atoms with Crippen LogP contribution in [0, 0.1) is 6.92 Å². The van der Waals surface area contributed by atoms with Crippen molar-refractivity contribution in [3.63, 3.8) is 0 Å². The summed E-state index contributed by atoms with van der Waals surface area (Å²) in [5.41, 5.74) is 1.69. The number of amides is 1. The van der Waals surface area contributed by atoms with Crippen molar-refractivity contribution in [2.75, 3.05) is 12.4 Å². The van der Waals surface area contributed by atoms with E-state index in [0.717, 1.165) is 11.1 Å². The number of aryl methyl sites for hydroxylation is 1. The summed E-state index contributed by atoms with van der Waals surface area (Å²) in [4.78, 5) is 20.0. The monoisotopic (exact) mass is 291 g/mol. The number of nitrogens with one attached hydrogen (secondary N) is 1. The van der Waals surface area contributed by atoms with Crippen molar-refractivity contribution in [1.82, 2.24) is 9.97 Å². The van der Waals surface area contributed by atoms with Gasteiger partial charge in [-0.3, -0.25) is 4.79 Å². The molecule has 0 radical (unpaired) electrons. The molecule has 0 aliphatic carbocycles. The van der Waals surface area contributed by atoms with Gasteiger partial charge in [-0.25, -0.2) is 9.97 Å². The topological polar surface area (TPSA) is 64.1 Å². The van der Waals surface area contributed by atoms with Gasteiger partial charge in [0.15, 0.2) is 0 Å². The molecular weight excluding hydrogens is 278 g/mol. The Morgan fingerprint density at radius 1 is 1.35 bits per heavy atom. The molecule has 0 atom stereocenters. The molecule has 20 heavy (non-hydrogen) atoms. The minimum absolute atomic E-state index is 0.174. The van der Waals surface area contributed by atoms with Crippen molar-refractivity contribution in [3.05, 3.63) is 46.9 Å². The van der Waals surface area contributed by atoms with E-state index in [4.69, 9.17) is 16.3 Å². The van der Waals surface area contributed by atoms with Gasteiger partial charge in [-0.2, -0.15) is 0 Å². The number of ether oxygens (including phenoxy) is 1. The number of hydrogen-bond acceptors (Lipinski definition) is 4. The van der Waals surface area contributed by atoms with E-state index in [1.54, 1.807) is 37.7 Å². The number of halogens is 1. The second-order valence-electron chi connectivity index (χ2n) is 4.25. The Bertz CT molecular complexity index is 614. The smallest absolute Gasteiger partial charge is 0.230 e. The minimum atomic E-state index is -0.174. The number of nitrogens with zero attached hydrogens (tertiary/aromatic N) is 2. The number of methoxy groups -OCH3 is 1. The van der Waals surface area contributed by atoms with Crippen molar-refractivity contribution in [2.45, 2.75) is 13.3 Å². The van der Waals surface area contributed by atoms with Gasteiger partial charge in [-0.05, 0) is 18.6 Å². The van der Waals surface area contributed by atoms with E-state index in [9.17, 15) is 4.79 Å². The van der Waals surface area contributed by atoms with Gasteiger partial charge < -0.3 is 10.1 Å². The molecule has 1 N–H and O–H groups in total. The van der Waals surface area contributed by atoms with Crippen LogP contribution in [0.25, 0.3) is 0 Å². The van der Waals surface area contributed by atoms with Crippen LogP contribution in [-0.4, -0.2) is 23.0 Å². The van der Waals surface area contributed by atoms with Crippen LogP contribution in [0.3, 0.4) is 0 Å². The van der Waals surface area contributed by atoms with Crippen LogP contribution >= 0.6 is 11.6 Å². The first-order valence-corrected chi connectivity index (χ1v) is 6.37. The summed E-state index contributed by atoms with van der Waals surface area (Å²) in [6.07, 6.45) is 3.44. The Kier molecular flexibility index (Phi) is 4.53. The second kappa shape index (κ2) is 6.34. The summed E-state index contributed by atoms with van der Waals surface area (Å²) in [7, 11) is 1.58. The zero-order valence-electron chi connectivity index (χ0n) is 11.2. The third-order valence-electron chi connectivity index (χ3n) is 2.69. The highest BCUT2D eigenvalue weighted by atomic mass is 35.5. The summed E-state index contributed by atoms with van der Waals surface area (Å²) < 4.78 is 5.18. The molecule has 104 valence electrons. The third kappa shape index (κ3) is 3.68. The van der Waals surface area contributed by atoms with Gasteiger partial charge in [0.05, 0.1) is 13.5 Å². The van der Waals surface area contributed by atoms with Gasteiger partial charge >= 0.3 is 0 Å². The zero-order chi connectivity index (χ0) is 14.5. The Morgan fingerprint density at radius 3 is 2.80 bits per heavy atom. The molecule has 0 unspecified atom stereocenters. The number of pyridine rings is 2. The number of anilines is 1. The molecule has 0 saturated heterocycles. The summed E-state index contributed by atoms with van der Waals surface area (Å²) in [5.74, 6) is 0.968. The van der Waals surface area contributed by atoms with E-state index in [1.165, 1.54) is 0 Å². The molecule has 0 aromatic carbocycles. The number of hydrogen-bond donors (Lipinski definition) is 1. The fourth-order valence-electron chi connectivity index (χ4n) is 1.68. The SMILES string of the molecule is COc1cc(NC(=O)Cc2ccc(Cl)nc2)ncc1C. The average Bonchev–Trinajstić information content (AvgIpc) is 2.43. The van der Waals surface area contributed by atoms with Gasteiger partial charge in [0, 0.05) is 24.0 Å². The zero-order valence-corrected chi connectivity index (χ0v) is 11.9. The van der Waals surface area contributed by atoms with Crippen molar-refractivity contribution >= 4 is 23.3 Å². The second-order valence-corrected chi connectivity index (χ2v) is 4.64. The van der Waals surface area contributed by atoms with Gasteiger partial charge in [-0.1, -0.05) is 17.7 Å². The molecule has 2 aromatic rings. The van der Waals surface area contributed by atoms with Gasteiger partial charge in [0.1, 0.15) is 16.7 Å². The van der Waals surface area contributed by atoms with Crippen LogP contribution < -0.4 is 10.1 Å². The summed E-state index contributed by atoms with van der Waals surface area (Å²) in [6, 6.07) is 5.10. The number of carbonyl (C=O) groups excluding carboxylic acids is 1. The Morgan fingerprint density at radius 2 is 2.15 bits per heavy atom. The molecule has 2 rings (SSSR count). The molecule has 0 saturated carbocycles. The lowest BCUT2D eigenvalue weighted by atomic mass is 10.2. The first-order valence-electron chi connectivity index (χ1n) is 5.99. The quantitative estimate of drug-likeness (QED) is 0.880. The predicted molar refractivity (Wildman–Crippen MR) is 77.1 cm³/mol. The Hall–Kier alpha value is -2.14. The molecule has 0 fully saturated rings. The fourth-order valence-corrected chi connectivity index (χ4v) is 1.79. The Balaban J connectivity index is 2.02.